The number of aryl methyl sites for hydroxylation is 2. The van der Waals surface area contributed by atoms with E-state index in [0.29, 0.717) is 18.3 Å². The third kappa shape index (κ3) is 2.24. The second-order valence-electron chi connectivity index (χ2n) is 3.36. The molecule has 0 spiro atoms. The average molecular weight is 223 g/mol. The van der Waals surface area contributed by atoms with Crippen LogP contribution in [-0.2, 0) is 6.42 Å². The van der Waals surface area contributed by atoms with Crippen molar-refractivity contribution in [2.45, 2.75) is 19.8 Å². The molecule has 0 aliphatic carbocycles. The van der Waals surface area contributed by atoms with E-state index in [1.807, 2.05) is 12.3 Å². The average Bonchev–Trinajstić information content (AvgIpc) is 2.83. The monoisotopic (exact) mass is 223 g/mol. The van der Waals surface area contributed by atoms with Gasteiger partial charge in [-0.3, -0.25) is 0 Å². The van der Waals surface area contributed by atoms with E-state index >= 15 is 0 Å². The van der Waals surface area contributed by atoms with Crippen molar-refractivity contribution in [1.29, 1.82) is 0 Å². The van der Waals surface area contributed by atoms with Crippen molar-refractivity contribution in [3.05, 3.63) is 22.2 Å². The molecule has 5 heteroatoms. The Hall–Kier alpha value is -1.20. The summed E-state index contributed by atoms with van der Waals surface area (Å²) in [4.78, 5) is 0. The second-order valence-corrected chi connectivity index (χ2v) is 4.11. The highest BCUT2D eigenvalue weighted by molar-refractivity contribution is 7.08. The van der Waals surface area contributed by atoms with Crippen molar-refractivity contribution in [1.82, 2.24) is 10.2 Å². The molecule has 0 aromatic carbocycles. The molecule has 0 fully saturated rings. The molecule has 0 amide bonds. The van der Waals surface area contributed by atoms with Gasteiger partial charge in [0.15, 0.2) is 0 Å². The summed E-state index contributed by atoms with van der Waals surface area (Å²) in [6.45, 7) is 2.69. The fourth-order valence-corrected chi connectivity index (χ4v) is 2.12. The number of hydrogen-bond donors (Lipinski definition) is 1. The molecule has 0 atom stereocenters. The minimum Gasteiger partial charge on any atom is -0.421 e. The van der Waals surface area contributed by atoms with Gasteiger partial charge in [0.1, 0.15) is 0 Å². The number of aromatic nitrogens is 2. The highest BCUT2D eigenvalue weighted by atomic mass is 32.1. The summed E-state index contributed by atoms with van der Waals surface area (Å²) in [6.07, 6.45) is 1.64. The Morgan fingerprint density at radius 1 is 1.40 bits per heavy atom. The van der Waals surface area contributed by atoms with Crippen LogP contribution in [0.2, 0.25) is 0 Å². The van der Waals surface area contributed by atoms with E-state index in [2.05, 4.69) is 15.6 Å². The first-order chi connectivity index (χ1) is 7.31. The quantitative estimate of drug-likeness (QED) is 0.861. The minimum absolute atomic E-state index is 0.612. The zero-order valence-electron chi connectivity index (χ0n) is 8.56. The van der Waals surface area contributed by atoms with Gasteiger partial charge in [-0.15, -0.1) is 10.2 Å². The van der Waals surface area contributed by atoms with Gasteiger partial charge in [0.2, 0.25) is 11.8 Å². The maximum absolute atomic E-state index is 5.54. The molecule has 0 aliphatic heterocycles. The standard InChI is InChI=1S/C10H13N3OS/c1-7-5-15-6-8(7)10-13-12-9(14-10)3-2-4-11/h5-6H,2-4,11H2,1H3. The van der Waals surface area contributed by atoms with E-state index < -0.39 is 0 Å². The molecule has 15 heavy (non-hydrogen) atoms. The Kier molecular flexibility index (Phi) is 3.13. The van der Waals surface area contributed by atoms with Crippen LogP contribution in [0.5, 0.6) is 0 Å². The normalized spacial score (nSPS) is 10.8. The van der Waals surface area contributed by atoms with Gasteiger partial charge in [-0.05, 0) is 30.8 Å². The maximum Gasteiger partial charge on any atom is 0.248 e. The summed E-state index contributed by atoms with van der Waals surface area (Å²) >= 11 is 1.64. The molecule has 2 aromatic rings. The molecule has 4 nitrogen and oxygen atoms in total. The lowest BCUT2D eigenvalue weighted by atomic mass is 10.2. The van der Waals surface area contributed by atoms with Crippen LogP contribution in [0.1, 0.15) is 17.9 Å². The van der Waals surface area contributed by atoms with Gasteiger partial charge in [-0.2, -0.15) is 11.3 Å². The predicted molar refractivity (Wildman–Crippen MR) is 59.7 cm³/mol. The fourth-order valence-electron chi connectivity index (χ4n) is 1.30. The van der Waals surface area contributed by atoms with Crippen LogP contribution >= 0.6 is 11.3 Å². The van der Waals surface area contributed by atoms with Gasteiger partial charge in [0.05, 0.1) is 5.56 Å². The van der Waals surface area contributed by atoms with Crippen LogP contribution in [0, 0.1) is 6.92 Å². The van der Waals surface area contributed by atoms with Crippen molar-refractivity contribution in [3.63, 3.8) is 0 Å². The van der Waals surface area contributed by atoms with Crippen molar-refractivity contribution in [2.24, 2.45) is 5.73 Å². The lowest BCUT2D eigenvalue weighted by Gasteiger charge is -1.92. The SMILES string of the molecule is Cc1cscc1-c1nnc(CCCN)o1. The number of nitrogens with two attached hydrogens (primary N) is 1. The fraction of sp³-hybridized carbons (Fsp3) is 0.400. The summed E-state index contributed by atoms with van der Waals surface area (Å²) in [5.74, 6) is 1.28. The third-order valence-corrected chi connectivity index (χ3v) is 3.01. The molecular weight excluding hydrogens is 210 g/mol. The van der Waals surface area contributed by atoms with Crippen LogP contribution in [0.25, 0.3) is 11.5 Å². The van der Waals surface area contributed by atoms with Crippen molar-refractivity contribution < 1.29 is 4.42 Å². The summed E-state index contributed by atoms with van der Waals surface area (Å²) < 4.78 is 5.54. The van der Waals surface area contributed by atoms with E-state index in [4.69, 9.17) is 10.2 Å². The third-order valence-electron chi connectivity index (χ3n) is 2.15. The molecule has 2 aromatic heterocycles. The molecule has 0 radical (unpaired) electrons. The second kappa shape index (κ2) is 4.55. The Morgan fingerprint density at radius 2 is 2.27 bits per heavy atom. The van der Waals surface area contributed by atoms with Crippen molar-refractivity contribution in [2.75, 3.05) is 6.54 Å². The van der Waals surface area contributed by atoms with E-state index in [1.54, 1.807) is 11.3 Å². The molecule has 0 saturated carbocycles. The first-order valence-corrected chi connectivity index (χ1v) is 5.81. The number of thiophene rings is 1. The highest BCUT2D eigenvalue weighted by Gasteiger charge is 2.10. The largest absolute Gasteiger partial charge is 0.421 e. The number of nitrogens with zero attached hydrogens (tertiary/aromatic N) is 2. The zero-order valence-corrected chi connectivity index (χ0v) is 9.38. The summed E-state index contributed by atoms with van der Waals surface area (Å²) in [7, 11) is 0. The lowest BCUT2D eigenvalue weighted by molar-refractivity contribution is 0.499. The van der Waals surface area contributed by atoms with E-state index in [9.17, 15) is 0 Å². The van der Waals surface area contributed by atoms with Gasteiger partial charge < -0.3 is 10.2 Å². The van der Waals surface area contributed by atoms with E-state index in [1.165, 1.54) is 5.56 Å². The van der Waals surface area contributed by atoms with Crippen molar-refractivity contribution in [3.8, 4) is 11.5 Å². The molecule has 0 unspecified atom stereocenters. The Bertz CT molecular complexity index is 435. The van der Waals surface area contributed by atoms with Crippen LogP contribution in [0.15, 0.2) is 15.2 Å². The van der Waals surface area contributed by atoms with Crippen LogP contribution in [0.4, 0.5) is 0 Å². The van der Waals surface area contributed by atoms with Gasteiger partial charge in [-0.25, -0.2) is 0 Å². The topological polar surface area (TPSA) is 64.9 Å². The van der Waals surface area contributed by atoms with Gasteiger partial charge in [-0.1, -0.05) is 0 Å². The predicted octanol–water partition coefficient (Wildman–Crippen LogP) is 2.00. The van der Waals surface area contributed by atoms with Crippen LogP contribution < -0.4 is 5.73 Å². The van der Waals surface area contributed by atoms with Crippen LogP contribution in [0.3, 0.4) is 0 Å². The summed E-state index contributed by atoms with van der Waals surface area (Å²) in [5.41, 5.74) is 7.62. The minimum atomic E-state index is 0.612. The Labute approximate surface area is 92.1 Å². The molecule has 0 bridgehead atoms. The molecule has 0 aliphatic rings. The molecule has 0 saturated heterocycles. The number of rotatable bonds is 4. The van der Waals surface area contributed by atoms with E-state index in [-0.39, 0.29) is 0 Å². The van der Waals surface area contributed by atoms with Gasteiger partial charge in [0, 0.05) is 11.8 Å². The van der Waals surface area contributed by atoms with Gasteiger partial charge >= 0.3 is 0 Å². The van der Waals surface area contributed by atoms with Gasteiger partial charge in [0.25, 0.3) is 0 Å². The zero-order chi connectivity index (χ0) is 10.7. The van der Waals surface area contributed by atoms with Crippen molar-refractivity contribution >= 4 is 11.3 Å². The first kappa shape index (κ1) is 10.3. The summed E-state index contributed by atoms with van der Waals surface area (Å²) in [5, 5.41) is 12.1. The maximum atomic E-state index is 5.54. The molecule has 2 rings (SSSR count). The summed E-state index contributed by atoms with van der Waals surface area (Å²) in [6, 6.07) is 0. The molecule has 2 N–H and O–H groups in total. The highest BCUT2D eigenvalue weighted by Crippen LogP contribution is 2.25. The Morgan fingerprint density at radius 3 is 2.93 bits per heavy atom. The lowest BCUT2D eigenvalue weighted by Crippen LogP contribution is -2.00. The first-order valence-electron chi connectivity index (χ1n) is 4.87. The van der Waals surface area contributed by atoms with E-state index in [0.717, 1.165) is 18.4 Å². The molecular formula is C10H13N3OS. The molecule has 2 heterocycles. The van der Waals surface area contributed by atoms with Crippen LogP contribution in [-0.4, -0.2) is 16.7 Å². The number of hydrogen-bond acceptors (Lipinski definition) is 5. The molecule has 80 valence electrons. The smallest absolute Gasteiger partial charge is 0.248 e. The Balaban J connectivity index is 2.17.